The lowest BCUT2D eigenvalue weighted by atomic mass is 10.2. The number of nitrogens with zero attached hydrogens (tertiary/aromatic N) is 3. The summed E-state index contributed by atoms with van der Waals surface area (Å²) in [4.78, 5) is 32.0. The molecule has 3 aromatic rings. The van der Waals surface area contributed by atoms with Gasteiger partial charge in [0.25, 0.3) is 0 Å². The standard InChI is InChI=1S/C23H28N4O3/c1-23(2,3)30-22(29)26-14-12-25(13-15-26)18-10-7-11-19-20(18)24-21(28)27(19)16-17-8-5-4-6-9-17/h4-11H,12-16H2,1-3H3,(H,24,28). The molecular weight excluding hydrogens is 380 g/mol. The monoisotopic (exact) mass is 408 g/mol. The highest BCUT2D eigenvalue weighted by Crippen LogP contribution is 2.26. The zero-order valence-electron chi connectivity index (χ0n) is 17.7. The largest absolute Gasteiger partial charge is 0.444 e. The number of fused-ring (bicyclic) bond motifs is 1. The molecule has 7 nitrogen and oxygen atoms in total. The Morgan fingerprint density at radius 1 is 1.00 bits per heavy atom. The number of imidazole rings is 1. The number of anilines is 1. The van der Waals surface area contributed by atoms with Gasteiger partial charge in [-0.15, -0.1) is 0 Å². The summed E-state index contributed by atoms with van der Waals surface area (Å²) < 4.78 is 7.25. The third-order valence-corrected chi connectivity index (χ3v) is 5.24. The Morgan fingerprint density at radius 2 is 1.70 bits per heavy atom. The first-order valence-electron chi connectivity index (χ1n) is 10.3. The number of benzene rings is 2. The molecule has 1 amide bonds. The SMILES string of the molecule is CC(C)(C)OC(=O)N1CCN(c2cccc3c2[nH]c(=O)n3Cc2ccccc2)CC1. The summed E-state index contributed by atoms with van der Waals surface area (Å²) >= 11 is 0. The Balaban J connectivity index is 1.54. The molecule has 7 heteroatoms. The van der Waals surface area contributed by atoms with Gasteiger partial charge in [0, 0.05) is 26.2 Å². The maximum Gasteiger partial charge on any atom is 0.410 e. The summed E-state index contributed by atoms with van der Waals surface area (Å²) in [6, 6.07) is 15.9. The highest BCUT2D eigenvalue weighted by molar-refractivity contribution is 5.89. The molecule has 1 aromatic heterocycles. The molecule has 1 N–H and O–H groups in total. The van der Waals surface area contributed by atoms with E-state index in [2.05, 4.69) is 9.88 Å². The van der Waals surface area contributed by atoms with Gasteiger partial charge in [-0.05, 0) is 38.5 Å². The number of para-hydroxylation sites is 1. The zero-order valence-corrected chi connectivity index (χ0v) is 17.7. The van der Waals surface area contributed by atoms with Crippen molar-refractivity contribution < 1.29 is 9.53 Å². The van der Waals surface area contributed by atoms with E-state index in [-0.39, 0.29) is 11.8 Å². The zero-order chi connectivity index (χ0) is 21.3. The fourth-order valence-electron chi connectivity index (χ4n) is 3.81. The number of hydrogen-bond acceptors (Lipinski definition) is 4. The van der Waals surface area contributed by atoms with Crippen molar-refractivity contribution >= 4 is 22.8 Å². The van der Waals surface area contributed by atoms with Gasteiger partial charge in [0.1, 0.15) is 5.60 Å². The molecule has 1 saturated heterocycles. The molecule has 1 aliphatic heterocycles. The van der Waals surface area contributed by atoms with Crippen LogP contribution in [0, 0.1) is 0 Å². The number of rotatable bonds is 3. The number of nitrogens with one attached hydrogen (secondary N) is 1. The number of aromatic amines is 1. The molecule has 0 unspecified atom stereocenters. The fraction of sp³-hybridized carbons (Fsp3) is 0.391. The smallest absolute Gasteiger partial charge is 0.410 e. The Morgan fingerprint density at radius 3 is 2.37 bits per heavy atom. The summed E-state index contributed by atoms with van der Waals surface area (Å²) in [5.74, 6) is 0. The van der Waals surface area contributed by atoms with E-state index in [1.165, 1.54) is 0 Å². The molecule has 2 aromatic carbocycles. The molecule has 0 bridgehead atoms. The lowest BCUT2D eigenvalue weighted by molar-refractivity contribution is 0.0240. The second kappa shape index (κ2) is 7.89. The number of carbonyl (C=O) groups is 1. The molecule has 0 spiro atoms. The van der Waals surface area contributed by atoms with Crippen LogP contribution in [-0.2, 0) is 11.3 Å². The van der Waals surface area contributed by atoms with Crippen LogP contribution in [0.4, 0.5) is 10.5 Å². The van der Waals surface area contributed by atoms with E-state index in [1.54, 1.807) is 9.47 Å². The molecule has 4 rings (SSSR count). The van der Waals surface area contributed by atoms with Gasteiger partial charge >= 0.3 is 11.8 Å². The number of aromatic nitrogens is 2. The van der Waals surface area contributed by atoms with Crippen molar-refractivity contribution in [1.29, 1.82) is 0 Å². The van der Waals surface area contributed by atoms with E-state index < -0.39 is 5.60 Å². The van der Waals surface area contributed by atoms with Crippen molar-refractivity contribution in [3.8, 4) is 0 Å². The van der Waals surface area contributed by atoms with E-state index in [9.17, 15) is 9.59 Å². The van der Waals surface area contributed by atoms with Crippen molar-refractivity contribution in [3.05, 3.63) is 64.6 Å². The summed E-state index contributed by atoms with van der Waals surface area (Å²) in [5, 5.41) is 0. The number of amides is 1. The molecule has 0 atom stereocenters. The molecule has 1 aliphatic rings. The number of hydrogen-bond donors (Lipinski definition) is 1. The van der Waals surface area contributed by atoms with Crippen LogP contribution in [0.1, 0.15) is 26.3 Å². The minimum absolute atomic E-state index is 0.117. The highest BCUT2D eigenvalue weighted by atomic mass is 16.6. The molecule has 0 saturated carbocycles. The van der Waals surface area contributed by atoms with E-state index in [0.717, 1.165) is 22.3 Å². The Bertz CT molecular complexity index is 1090. The van der Waals surface area contributed by atoms with Gasteiger partial charge in [-0.3, -0.25) is 4.57 Å². The van der Waals surface area contributed by atoms with Crippen LogP contribution < -0.4 is 10.6 Å². The molecule has 2 heterocycles. The number of H-pyrrole nitrogens is 1. The second-order valence-electron chi connectivity index (χ2n) is 8.63. The predicted molar refractivity (Wildman–Crippen MR) is 118 cm³/mol. The summed E-state index contributed by atoms with van der Waals surface area (Å²) in [5.41, 5.74) is 3.17. The number of ether oxygens (including phenoxy) is 1. The lowest BCUT2D eigenvalue weighted by Gasteiger charge is -2.36. The first-order chi connectivity index (χ1) is 14.3. The van der Waals surface area contributed by atoms with Crippen LogP contribution >= 0.6 is 0 Å². The van der Waals surface area contributed by atoms with E-state index in [0.29, 0.717) is 32.7 Å². The van der Waals surface area contributed by atoms with Gasteiger partial charge in [-0.25, -0.2) is 9.59 Å². The topological polar surface area (TPSA) is 70.6 Å². The van der Waals surface area contributed by atoms with Crippen LogP contribution in [0.3, 0.4) is 0 Å². The minimum Gasteiger partial charge on any atom is -0.444 e. The maximum atomic E-state index is 12.7. The van der Waals surface area contributed by atoms with Crippen molar-refractivity contribution in [1.82, 2.24) is 14.5 Å². The van der Waals surface area contributed by atoms with Crippen LogP contribution in [-0.4, -0.2) is 52.3 Å². The van der Waals surface area contributed by atoms with Gasteiger partial charge in [-0.2, -0.15) is 0 Å². The Hall–Kier alpha value is -3.22. The lowest BCUT2D eigenvalue weighted by Crippen LogP contribution is -2.50. The van der Waals surface area contributed by atoms with Crippen molar-refractivity contribution in [3.63, 3.8) is 0 Å². The Labute approximate surface area is 175 Å². The first kappa shape index (κ1) is 20.1. The van der Waals surface area contributed by atoms with Crippen LogP contribution in [0.25, 0.3) is 11.0 Å². The van der Waals surface area contributed by atoms with Crippen LogP contribution in [0.2, 0.25) is 0 Å². The normalized spacial score (nSPS) is 14.9. The summed E-state index contributed by atoms with van der Waals surface area (Å²) in [6.07, 6.45) is -0.275. The van der Waals surface area contributed by atoms with Gasteiger partial charge in [0.05, 0.1) is 23.3 Å². The quantitative estimate of drug-likeness (QED) is 0.721. The van der Waals surface area contributed by atoms with Gasteiger partial charge in [0.15, 0.2) is 0 Å². The third-order valence-electron chi connectivity index (χ3n) is 5.24. The van der Waals surface area contributed by atoms with E-state index in [4.69, 9.17) is 4.74 Å². The summed E-state index contributed by atoms with van der Waals surface area (Å²) in [6.45, 7) is 8.68. The average Bonchev–Trinajstić information content (AvgIpc) is 3.03. The van der Waals surface area contributed by atoms with Crippen LogP contribution in [0.15, 0.2) is 53.3 Å². The highest BCUT2D eigenvalue weighted by Gasteiger charge is 2.27. The number of piperazine rings is 1. The van der Waals surface area contributed by atoms with Gasteiger partial charge in [-0.1, -0.05) is 36.4 Å². The second-order valence-corrected chi connectivity index (χ2v) is 8.63. The molecule has 158 valence electrons. The molecule has 0 radical (unpaired) electrons. The maximum absolute atomic E-state index is 12.7. The molecular formula is C23H28N4O3. The summed E-state index contributed by atoms with van der Waals surface area (Å²) in [7, 11) is 0. The van der Waals surface area contributed by atoms with E-state index in [1.807, 2.05) is 69.3 Å². The fourth-order valence-corrected chi connectivity index (χ4v) is 3.81. The van der Waals surface area contributed by atoms with Crippen molar-refractivity contribution in [2.45, 2.75) is 32.9 Å². The first-order valence-corrected chi connectivity index (χ1v) is 10.3. The third kappa shape index (κ3) is 4.20. The minimum atomic E-state index is -0.499. The molecule has 1 fully saturated rings. The van der Waals surface area contributed by atoms with Gasteiger partial charge < -0.3 is 19.5 Å². The molecule has 0 aliphatic carbocycles. The van der Waals surface area contributed by atoms with Crippen molar-refractivity contribution in [2.24, 2.45) is 0 Å². The number of carbonyl (C=O) groups excluding carboxylic acids is 1. The van der Waals surface area contributed by atoms with Gasteiger partial charge in [0.2, 0.25) is 0 Å². The van der Waals surface area contributed by atoms with E-state index >= 15 is 0 Å². The Kier molecular flexibility index (Phi) is 5.28. The van der Waals surface area contributed by atoms with Crippen LogP contribution in [0.5, 0.6) is 0 Å². The average molecular weight is 409 g/mol. The van der Waals surface area contributed by atoms with Crippen molar-refractivity contribution in [2.75, 3.05) is 31.1 Å². The molecule has 30 heavy (non-hydrogen) atoms. The predicted octanol–water partition coefficient (Wildman–Crippen LogP) is 3.44.